The molecule has 7 nitrogen and oxygen atoms in total. The smallest absolute Gasteiger partial charge is 0.326 e. The summed E-state index contributed by atoms with van der Waals surface area (Å²) in [6.45, 7) is 5.65. The maximum Gasteiger partial charge on any atom is 0.326 e. The number of nitrogens with zero attached hydrogens (tertiary/aromatic N) is 2. The lowest BCUT2D eigenvalue weighted by atomic mass is 9.97. The Balaban J connectivity index is 1.63. The van der Waals surface area contributed by atoms with E-state index in [1.165, 1.54) is 9.44 Å². The Labute approximate surface area is 162 Å². The number of rotatable bonds is 9. The van der Waals surface area contributed by atoms with Crippen molar-refractivity contribution in [3.8, 4) is 0 Å². The van der Waals surface area contributed by atoms with E-state index >= 15 is 0 Å². The van der Waals surface area contributed by atoms with Crippen molar-refractivity contribution < 1.29 is 19.0 Å². The molecule has 0 amide bonds. The first-order valence-electron chi connectivity index (χ1n) is 9.44. The van der Waals surface area contributed by atoms with Gasteiger partial charge in [0.15, 0.2) is 0 Å². The molecule has 8 heteroatoms. The molecule has 0 radical (unpaired) electrons. The van der Waals surface area contributed by atoms with Gasteiger partial charge in [-0.3, -0.25) is 14.2 Å². The summed E-state index contributed by atoms with van der Waals surface area (Å²) in [6.07, 6.45) is 4.18. The third-order valence-electron chi connectivity index (χ3n) is 4.62. The zero-order valence-electron chi connectivity index (χ0n) is 15.9. The van der Waals surface area contributed by atoms with Crippen LogP contribution in [0.1, 0.15) is 36.0 Å². The van der Waals surface area contributed by atoms with Gasteiger partial charge in [-0.15, -0.1) is 11.3 Å². The van der Waals surface area contributed by atoms with Crippen LogP contribution in [-0.4, -0.2) is 48.6 Å². The molecule has 148 valence electrons. The summed E-state index contributed by atoms with van der Waals surface area (Å²) in [5.41, 5.74) is 0.991. The normalized spacial score (nSPS) is 13.7. The predicted molar refractivity (Wildman–Crippen MR) is 104 cm³/mol. The van der Waals surface area contributed by atoms with Crippen LogP contribution in [-0.2, 0) is 38.4 Å². The fourth-order valence-corrected chi connectivity index (χ4v) is 4.58. The lowest BCUT2D eigenvalue weighted by Gasteiger charge is -2.12. The minimum atomic E-state index is -0.459. The van der Waals surface area contributed by atoms with Gasteiger partial charge in [0.25, 0.3) is 5.56 Å². The highest BCUT2D eigenvalue weighted by atomic mass is 32.1. The van der Waals surface area contributed by atoms with E-state index in [4.69, 9.17) is 14.2 Å². The average molecular weight is 394 g/mol. The van der Waals surface area contributed by atoms with Crippen molar-refractivity contribution in [3.63, 3.8) is 0 Å². The highest BCUT2D eigenvalue weighted by Crippen LogP contribution is 2.33. The van der Waals surface area contributed by atoms with Gasteiger partial charge in [-0.2, -0.15) is 0 Å². The Kier molecular flexibility index (Phi) is 6.98. The molecule has 0 saturated heterocycles. The lowest BCUT2D eigenvalue weighted by molar-refractivity contribution is -0.146. The van der Waals surface area contributed by atoms with Crippen molar-refractivity contribution >= 4 is 27.5 Å². The predicted octanol–water partition coefficient (Wildman–Crippen LogP) is 2.24. The van der Waals surface area contributed by atoms with Crippen LogP contribution in [0.3, 0.4) is 0 Å². The Morgan fingerprint density at radius 1 is 1.15 bits per heavy atom. The minimum Gasteiger partial charge on any atom is -0.462 e. The molecule has 0 atom stereocenters. The molecular weight excluding hydrogens is 368 g/mol. The summed E-state index contributed by atoms with van der Waals surface area (Å²) >= 11 is 1.61. The first kappa shape index (κ1) is 20.0. The van der Waals surface area contributed by atoms with Crippen molar-refractivity contribution in [1.82, 2.24) is 9.55 Å². The summed E-state index contributed by atoms with van der Waals surface area (Å²) in [6, 6.07) is 0. The quantitative estimate of drug-likeness (QED) is 0.479. The number of carbonyl (C=O) groups is 1. The number of fused-ring (bicyclic) bond motifs is 3. The van der Waals surface area contributed by atoms with Gasteiger partial charge in [0.1, 0.15) is 23.8 Å². The first-order valence-corrected chi connectivity index (χ1v) is 10.3. The number of esters is 1. The number of ether oxygens (including phenoxy) is 3. The fourth-order valence-electron chi connectivity index (χ4n) is 3.28. The Morgan fingerprint density at radius 3 is 2.70 bits per heavy atom. The van der Waals surface area contributed by atoms with Crippen molar-refractivity contribution in [2.75, 3.05) is 33.0 Å². The molecule has 0 saturated carbocycles. The van der Waals surface area contributed by atoms with Crippen molar-refractivity contribution in [2.45, 2.75) is 46.1 Å². The Morgan fingerprint density at radius 2 is 1.89 bits per heavy atom. The van der Waals surface area contributed by atoms with Crippen LogP contribution in [0, 0.1) is 6.92 Å². The van der Waals surface area contributed by atoms with Crippen LogP contribution in [0.2, 0.25) is 0 Å². The van der Waals surface area contributed by atoms with E-state index < -0.39 is 5.97 Å². The molecule has 0 spiro atoms. The molecule has 0 aliphatic heterocycles. The van der Waals surface area contributed by atoms with E-state index in [1.807, 2.05) is 6.92 Å². The van der Waals surface area contributed by atoms with Crippen LogP contribution in [0.5, 0.6) is 0 Å². The first-order chi connectivity index (χ1) is 13.1. The fraction of sp³-hybridized carbons (Fsp3) is 0.632. The molecular formula is C19H26N2O5S. The van der Waals surface area contributed by atoms with E-state index in [0.717, 1.165) is 36.1 Å². The maximum atomic E-state index is 13.0. The SMILES string of the molecule is CCOCCOCCOC(=O)Cn1c(C)nc2sc3c(c2c1=O)CCCC3. The highest BCUT2D eigenvalue weighted by molar-refractivity contribution is 7.18. The van der Waals surface area contributed by atoms with Gasteiger partial charge in [0.05, 0.1) is 25.2 Å². The molecule has 27 heavy (non-hydrogen) atoms. The van der Waals surface area contributed by atoms with Crippen LogP contribution in [0.4, 0.5) is 0 Å². The molecule has 0 fully saturated rings. The average Bonchev–Trinajstić information content (AvgIpc) is 3.02. The standard InChI is InChI=1S/C19H26N2O5S/c1-3-24-8-9-25-10-11-26-16(22)12-21-13(2)20-18-17(19(21)23)14-6-4-5-7-15(14)27-18/h3-12H2,1-2H3. The van der Waals surface area contributed by atoms with Crippen LogP contribution >= 0.6 is 11.3 Å². The topological polar surface area (TPSA) is 79.7 Å². The highest BCUT2D eigenvalue weighted by Gasteiger charge is 2.22. The summed E-state index contributed by atoms with van der Waals surface area (Å²) in [5.74, 6) is 0.0786. The van der Waals surface area contributed by atoms with Gasteiger partial charge in [-0.25, -0.2) is 4.98 Å². The van der Waals surface area contributed by atoms with Gasteiger partial charge in [-0.1, -0.05) is 0 Å². The number of carbonyl (C=O) groups excluding carboxylic acids is 1. The second kappa shape index (κ2) is 9.43. The van der Waals surface area contributed by atoms with Gasteiger partial charge in [0.2, 0.25) is 0 Å². The van der Waals surface area contributed by atoms with E-state index in [1.54, 1.807) is 18.3 Å². The summed E-state index contributed by atoms with van der Waals surface area (Å²) in [7, 11) is 0. The van der Waals surface area contributed by atoms with Gasteiger partial charge in [-0.05, 0) is 45.1 Å². The molecule has 3 rings (SSSR count). The van der Waals surface area contributed by atoms with Crippen molar-refractivity contribution in [1.29, 1.82) is 0 Å². The zero-order valence-corrected chi connectivity index (χ0v) is 16.7. The maximum absolute atomic E-state index is 13.0. The molecule has 2 heterocycles. The summed E-state index contributed by atoms with van der Waals surface area (Å²) < 4.78 is 17.1. The number of aryl methyl sites for hydroxylation is 3. The van der Waals surface area contributed by atoms with Gasteiger partial charge in [0, 0.05) is 11.5 Å². The number of hydrogen-bond acceptors (Lipinski definition) is 7. The van der Waals surface area contributed by atoms with Crippen molar-refractivity contribution in [3.05, 3.63) is 26.6 Å². The van der Waals surface area contributed by atoms with Crippen LogP contribution < -0.4 is 5.56 Å². The van der Waals surface area contributed by atoms with Crippen molar-refractivity contribution in [2.24, 2.45) is 0 Å². The van der Waals surface area contributed by atoms with E-state index in [9.17, 15) is 9.59 Å². The molecule has 0 aromatic carbocycles. The van der Waals surface area contributed by atoms with E-state index in [0.29, 0.717) is 37.6 Å². The van der Waals surface area contributed by atoms with Crippen LogP contribution in [0.25, 0.3) is 10.2 Å². The molecule has 2 aromatic rings. The molecule has 0 N–H and O–H groups in total. The number of hydrogen-bond donors (Lipinski definition) is 0. The van der Waals surface area contributed by atoms with E-state index in [2.05, 4.69) is 4.98 Å². The van der Waals surface area contributed by atoms with Gasteiger partial charge >= 0.3 is 5.97 Å². The molecule has 0 bridgehead atoms. The van der Waals surface area contributed by atoms with Gasteiger partial charge < -0.3 is 14.2 Å². The molecule has 1 aliphatic carbocycles. The van der Waals surface area contributed by atoms with Crippen LogP contribution in [0.15, 0.2) is 4.79 Å². The largest absolute Gasteiger partial charge is 0.462 e. The Bertz CT molecular complexity index is 858. The monoisotopic (exact) mass is 394 g/mol. The second-order valence-electron chi connectivity index (χ2n) is 6.47. The zero-order chi connectivity index (χ0) is 19.2. The number of aromatic nitrogens is 2. The summed E-state index contributed by atoms with van der Waals surface area (Å²) in [5, 5.41) is 0.687. The van der Waals surface area contributed by atoms with E-state index in [-0.39, 0.29) is 18.7 Å². The summed E-state index contributed by atoms with van der Waals surface area (Å²) in [4.78, 5) is 31.7. The lowest BCUT2D eigenvalue weighted by Crippen LogP contribution is -2.29. The molecule has 0 unspecified atom stereocenters. The third kappa shape index (κ3) is 4.75. The number of thiophene rings is 1. The molecule has 1 aliphatic rings. The minimum absolute atomic E-state index is 0.128. The molecule has 2 aromatic heterocycles. The second-order valence-corrected chi connectivity index (χ2v) is 7.55. The Hall–Kier alpha value is -1.77. The third-order valence-corrected chi connectivity index (χ3v) is 5.81.